The number of hydrogen-bond donors (Lipinski definition) is 2. The molecule has 27 heteroatoms. The zero-order valence-electron chi connectivity index (χ0n) is 66.6. The molecule has 12 heterocycles. The summed E-state index contributed by atoms with van der Waals surface area (Å²) in [5.74, 6) is 3.26. The molecule has 0 saturated carbocycles. The molecule has 10 aromatic heterocycles. The number of nitrogens with zero attached hydrogens (tertiary/aromatic N) is 21. The largest absolute Gasteiger partial charge is 0.378 e. The molecule has 592 valence electrons. The van der Waals surface area contributed by atoms with Gasteiger partial charge in [0.1, 0.15) is 29.0 Å². The van der Waals surface area contributed by atoms with E-state index in [0.29, 0.717) is 30.4 Å². The van der Waals surface area contributed by atoms with Crippen LogP contribution in [-0.4, -0.2) is 151 Å². The monoisotopic (exact) mass is 1600 g/mol. The van der Waals surface area contributed by atoms with Gasteiger partial charge in [-0.25, -0.2) is 41.1 Å². The number of morpholine rings is 1. The first-order valence-electron chi connectivity index (χ1n) is 39.0. The lowest BCUT2D eigenvalue weighted by Gasteiger charge is -2.30. The molecule has 0 aliphatic carbocycles. The fourth-order valence-corrected chi connectivity index (χ4v) is 14.7. The number of hydrogen-bond acceptors (Lipinski definition) is 17. The molecule has 120 heavy (non-hydrogen) atoms. The number of benzene rings is 8. The number of sulfonamides is 1. The van der Waals surface area contributed by atoms with Crippen LogP contribution in [0, 0.1) is 33.9 Å². The number of H-pyrrole nitrogens is 1. The molecule has 18 aromatic rings. The van der Waals surface area contributed by atoms with Gasteiger partial charge in [0, 0.05) is 83.3 Å². The van der Waals surface area contributed by atoms with Gasteiger partial charge in [-0.3, -0.25) is 9.97 Å². The van der Waals surface area contributed by atoms with Gasteiger partial charge in [0.05, 0.1) is 77.4 Å². The molecular weight excluding hydrogens is 1520 g/mol. The molecule has 0 amide bonds. The van der Waals surface area contributed by atoms with E-state index in [-0.39, 0.29) is 11.6 Å². The van der Waals surface area contributed by atoms with Crippen LogP contribution in [0.5, 0.6) is 0 Å². The van der Waals surface area contributed by atoms with E-state index in [4.69, 9.17) is 17.9 Å². The van der Waals surface area contributed by atoms with Gasteiger partial charge in [-0.15, -0.1) is 20.4 Å². The van der Waals surface area contributed by atoms with Crippen molar-refractivity contribution in [2.24, 2.45) is 10.1 Å². The molecule has 0 atom stereocenters. The lowest BCUT2D eigenvalue weighted by Crippen LogP contribution is -2.36. The van der Waals surface area contributed by atoms with E-state index in [0.717, 1.165) is 146 Å². The van der Waals surface area contributed by atoms with E-state index in [1.165, 1.54) is 38.9 Å². The summed E-state index contributed by atoms with van der Waals surface area (Å²) in [5.41, 5.74) is 23.5. The second-order valence-electron chi connectivity index (χ2n) is 28.4. The summed E-state index contributed by atoms with van der Waals surface area (Å²) in [6.07, 6.45) is 10.6. The molecule has 1 saturated heterocycles. The Labute approximate surface area is 692 Å². The van der Waals surface area contributed by atoms with Gasteiger partial charge in [-0.2, -0.15) is 19.9 Å². The topological polar surface area (TPSA) is 263 Å². The third-order valence-electron chi connectivity index (χ3n) is 20.4. The zero-order valence-corrected chi connectivity index (χ0v) is 67.4. The SMILES string of the molecule is CCN(CCNS(C)(=O)=O)c1ccc(N=C2C(C)=Nn3c(C)nnc32)cc1.Cc1ccc(-c2ccc(-c3nnn4c(C)cccc34)cc2)cc1.[C-]#[N+]c1[nH]c2nc(-c3ccccc3)cn2c1[N+]#[C-].c1ccc(-c2cc3c(-c4ccccn4)nnn3cc2N2CCOCC2)cc1.c1ccc(-c2ccc(-c3ncc4c5ccccc5cnn34)cc2)cc1. The number of ether oxygens (including phenoxy) is 1. The van der Waals surface area contributed by atoms with Gasteiger partial charge in [-0.1, -0.05) is 229 Å². The van der Waals surface area contributed by atoms with Gasteiger partial charge in [0.15, 0.2) is 11.6 Å². The summed E-state index contributed by atoms with van der Waals surface area (Å²) in [5, 5.41) is 36.8. The van der Waals surface area contributed by atoms with Crippen molar-refractivity contribution in [2.45, 2.75) is 34.6 Å². The lowest BCUT2D eigenvalue weighted by atomic mass is 10.0. The zero-order chi connectivity index (χ0) is 82.6. The average molecular weight is 1600 g/mol. The van der Waals surface area contributed by atoms with Crippen molar-refractivity contribution < 1.29 is 13.2 Å². The van der Waals surface area contributed by atoms with Crippen LogP contribution in [0.2, 0.25) is 0 Å². The highest BCUT2D eigenvalue weighted by Crippen LogP contribution is 2.37. The molecule has 0 unspecified atom stereocenters. The number of rotatable bonds is 15. The summed E-state index contributed by atoms with van der Waals surface area (Å²) in [4.78, 5) is 32.0. The van der Waals surface area contributed by atoms with E-state index in [1.54, 1.807) is 21.5 Å². The van der Waals surface area contributed by atoms with E-state index >= 15 is 0 Å². The number of aryl methyl sites for hydroxylation is 3. The van der Waals surface area contributed by atoms with Crippen molar-refractivity contribution in [3.05, 3.63) is 332 Å². The maximum Gasteiger partial charge on any atom is 0.360 e. The maximum absolute atomic E-state index is 11.2. The highest BCUT2D eigenvalue weighted by Gasteiger charge is 2.26. The first-order valence-corrected chi connectivity index (χ1v) is 40.9. The Hall–Kier alpha value is -15.3. The normalized spacial score (nSPS) is 12.7. The summed E-state index contributed by atoms with van der Waals surface area (Å²) in [6.45, 7) is 29.0. The molecule has 0 spiro atoms. The fourth-order valence-electron chi connectivity index (χ4n) is 14.2. The van der Waals surface area contributed by atoms with Crippen LogP contribution in [0.25, 0.3) is 121 Å². The Morgan fingerprint density at radius 2 is 1.22 bits per heavy atom. The fraction of sp³-hybridized carbons (Fsp3) is 0.140. The van der Waals surface area contributed by atoms with Gasteiger partial charge in [0.2, 0.25) is 15.8 Å². The van der Waals surface area contributed by atoms with Crippen molar-refractivity contribution in [1.29, 1.82) is 0 Å². The summed E-state index contributed by atoms with van der Waals surface area (Å²) in [7, 11) is -3.18. The summed E-state index contributed by atoms with van der Waals surface area (Å²) < 4.78 is 39.4. The number of aromatic amines is 1. The highest BCUT2D eigenvalue weighted by molar-refractivity contribution is 7.88. The van der Waals surface area contributed by atoms with Crippen LogP contribution < -0.4 is 14.5 Å². The molecule has 0 bridgehead atoms. The highest BCUT2D eigenvalue weighted by atomic mass is 32.2. The molecule has 2 aliphatic rings. The number of aromatic nitrogens is 16. The molecule has 1 fully saturated rings. The third-order valence-corrected chi connectivity index (χ3v) is 21.2. The minimum absolute atomic E-state index is 0.229. The van der Waals surface area contributed by atoms with Gasteiger partial charge < -0.3 is 24.2 Å². The Bertz CT molecular complexity index is 6920. The van der Waals surface area contributed by atoms with Gasteiger partial charge in [0.25, 0.3) is 11.6 Å². The van der Waals surface area contributed by atoms with Crippen LogP contribution in [-0.2, 0) is 14.8 Å². The molecule has 20 rings (SSSR count). The maximum atomic E-state index is 11.2. The number of nitrogens with one attached hydrogen (secondary N) is 2. The van der Waals surface area contributed by atoms with Crippen molar-refractivity contribution in [1.82, 2.24) is 83.2 Å². The van der Waals surface area contributed by atoms with Crippen molar-refractivity contribution in [2.75, 3.05) is 62.0 Å². The third kappa shape index (κ3) is 17.3. The molecule has 8 aromatic carbocycles. The molecule has 26 nitrogen and oxygen atoms in total. The Kier molecular flexibility index (Phi) is 23.2. The standard InChI is InChI=1S/C22H15N3.C21H19N5O.C20H17N3.C17H23N7O2S.C13H7N5/c1-2-6-16(7-3-1)17-10-12-18(13-11-17)22-23-15-21-20-9-5-4-8-19(20)14-24-25(21)22;1-2-6-16(7-3-1)17-14-19-21(18-8-4-5-9-22-18)23-24-26(19)15-20(17)25-10-12-27-13-11-25;1-14-6-8-16(9-7-14)17-10-12-18(13-11-17)20-19-5-3-4-15(2)23(19)22-21-20;1-5-23(11-10-18-27(4,25)26)15-8-6-14(7-9-15)19-16-12(2)22-24-13(3)20-21-17(16)24;1-14-11-12(15-2)18-8-10(16-13(18)17-11)9-6-4-3-5-7-9/h1-15H;1-9,14-15H,10-13H2;3-13H,1-2H3;6-9,18H,5,10-11H2,1-4H3;3-8H,(H,16,17). The Morgan fingerprint density at radius 1 is 0.575 bits per heavy atom. The first-order chi connectivity index (χ1) is 58.6. The second-order valence-corrected chi connectivity index (χ2v) is 30.3. The number of pyridine rings is 3. The molecule has 0 radical (unpaired) electrons. The quantitative estimate of drug-likeness (QED) is 0.0904. The van der Waals surface area contributed by atoms with E-state index in [2.05, 4.69) is 249 Å². The van der Waals surface area contributed by atoms with E-state index < -0.39 is 10.0 Å². The number of imidazole rings is 3. The van der Waals surface area contributed by atoms with Crippen LogP contribution in [0.15, 0.2) is 296 Å². The summed E-state index contributed by atoms with van der Waals surface area (Å²) >= 11 is 0. The van der Waals surface area contributed by atoms with Crippen LogP contribution in [0.4, 0.5) is 28.7 Å². The van der Waals surface area contributed by atoms with E-state index in [1.807, 2.05) is 163 Å². The number of fused-ring (bicyclic) bond motifs is 7. The minimum atomic E-state index is -3.18. The number of aliphatic imine (C=N–C) groups is 1. The van der Waals surface area contributed by atoms with E-state index in [9.17, 15) is 8.42 Å². The second kappa shape index (κ2) is 35.4. The Morgan fingerprint density at radius 3 is 1.89 bits per heavy atom. The molecule has 2 aliphatic heterocycles. The number of anilines is 2. The van der Waals surface area contributed by atoms with Crippen molar-refractivity contribution >= 4 is 83.2 Å². The number of likely N-dealkylation sites (N-methyl/N-ethyl adjacent to an activating group) is 1. The predicted octanol–water partition coefficient (Wildman–Crippen LogP) is 17.9. The summed E-state index contributed by atoms with van der Waals surface area (Å²) in [6, 6.07) is 86.3. The van der Waals surface area contributed by atoms with Crippen LogP contribution in [0.3, 0.4) is 0 Å². The van der Waals surface area contributed by atoms with Crippen LogP contribution in [0.1, 0.15) is 36.8 Å². The smallest absolute Gasteiger partial charge is 0.360 e. The average Bonchev–Trinajstić information content (AvgIpc) is 1.67. The lowest BCUT2D eigenvalue weighted by molar-refractivity contribution is 0.122. The van der Waals surface area contributed by atoms with Crippen molar-refractivity contribution in [3.8, 4) is 78.7 Å². The predicted molar refractivity (Wildman–Crippen MR) is 474 cm³/mol. The van der Waals surface area contributed by atoms with Gasteiger partial charge >= 0.3 is 5.78 Å². The molecule has 2 N–H and O–H groups in total. The van der Waals surface area contributed by atoms with Crippen LogP contribution >= 0.6 is 0 Å². The molecular formula is C93H81N23O3S. The van der Waals surface area contributed by atoms with Gasteiger partial charge in [-0.05, 0) is 117 Å². The minimum Gasteiger partial charge on any atom is -0.378 e. The first kappa shape index (κ1) is 78.6. The Balaban J connectivity index is 0.000000112. The van der Waals surface area contributed by atoms with Crippen molar-refractivity contribution in [3.63, 3.8) is 0 Å².